The molecule has 1 saturated heterocycles. The zero-order valence-electron chi connectivity index (χ0n) is 17.8. The molecule has 4 rings (SSSR count). The van der Waals surface area contributed by atoms with Crippen LogP contribution in [-0.4, -0.2) is 29.8 Å². The Labute approximate surface area is 187 Å². The molecule has 1 aliphatic heterocycles. The number of anilines is 1. The smallest absolute Gasteiger partial charge is 0.253 e. The van der Waals surface area contributed by atoms with Gasteiger partial charge in [0.25, 0.3) is 5.91 Å². The Kier molecular flexibility index (Phi) is 6.80. The molecule has 6 heteroatoms. The molecule has 1 fully saturated rings. The number of para-hydroxylation sites is 1. The molecule has 0 atom stereocenters. The molecule has 0 saturated carbocycles. The maximum Gasteiger partial charge on any atom is 0.253 e. The highest BCUT2D eigenvalue weighted by atomic mass is 19.1. The molecule has 1 aliphatic rings. The summed E-state index contributed by atoms with van der Waals surface area (Å²) in [6.45, 7) is 1.55. The predicted octanol–water partition coefficient (Wildman–Crippen LogP) is 4.42. The minimum Gasteiger partial charge on any atom is -0.339 e. The molecule has 2 amide bonds. The summed E-state index contributed by atoms with van der Waals surface area (Å²) in [5.74, 6) is -0.706. The molecule has 5 nitrogen and oxygen atoms in total. The fourth-order valence-corrected chi connectivity index (χ4v) is 3.91. The van der Waals surface area contributed by atoms with Crippen molar-refractivity contribution in [3.8, 4) is 0 Å². The van der Waals surface area contributed by atoms with E-state index in [0.717, 1.165) is 11.3 Å². The van der Waals surface area contributed by atoms with Crippen LogP contribution in [0.2, 0.25) is 0 Å². The molecule has 0 aliphatic carbocycles. The van der Waals surface area contributed by atoms with E-state index in [4.69, 9.17) is 0 Å². The lowest BCUT2D eigenvalue weighted by atomic mass is 9.95. The van der Waals surface area contributed by atoms with E-state index in [2.05, 4.69) is 5.43 Å². The number of halogens is 1. The van der Waals surface area contributed by atoms with E-state index in [-0.39, 0.29) is 23.5 Å². The van der Waals surface area contributed by atoms with Crippen LogP contribution in [0.3, 0.4) is 0 Å². The first-order chi connectivity index (χ1) is 15.6. The monoisotopic (exact) mass is 431 g/mol. The topological polar surface area (TPSA) is 52.7 Å². The van der Waals surface area contributed by atoms with Gasteiger partial charge in [0.15, 0.2) is 0 Å². The van der Waals surface area contributed by atoms with Crippen molar-refractivity contribution in [2.75, 3.05) is 18.1 Å². The first kappa shape index (κ1) is 21.6. The van der Waals surface area contributed by atoms with E-state index in [9.17, 15) is 14.0 Å². The van der Waals surface area contributed by atoms with Crippen molar-refractivity contribution in [2.45, 2.75) is 19.4 Å². The van der Waals surface area contributed by atoms with Gasteiger partial charge in [-0.05, 0) is 54.8 Å². The third-order valence-corrected chi connectivity index (χ3v) is 5.74. The van der Waals surface area contributed by atoms with E-state index in [1.165, 1.54) is 24.3 Å². The summed E-state index contributed by atoms with van der Waals surface area (Å²) < 4.78 is 13.1. The van der Waals surface area contributed by atoms with Crippen molar-refractivity contribution < 1.29 is 14.0 Å². The molecule has 3 aromatic carbocycles. The highest BCUT2D eigenvalue weighted by Crippen LogP contribution is 2.21. The summed E-state index contributed by atoms with van der Waals surface area (Å²) in [7, 11) is 0. The summed E-state index contributed by atoms with van der Waals surface area (Å²) in [6.07, 6.45) is 1.18. The summed E-state index contributed by atoms with van der Waals surface area (Å²) in [6, 6.07) is 25.3. The molecule has 164 valence electrons. The normalized spacial score (nSPS) is 14.1. The Balaban J connectivity index is 1.38. The van der Waals surface area contributed by atoms with Crippen LogP contribution in [0.5, 0.6) is 0 Å². The molecule has 0 spiro atoms. The van der Waals surface area contributed by atoms with Crippen molar-refractivity contribution in [1.82, 2.24) is 10.3 Å². The van der Waals surface area contributed by atoms with Gasteiger partial charge in [0.1, 0.15) is 5.82 Å². The second kappa shape index (κ2) is 10.1. The van der Waals surface area contributed by atoms with Gasteiger partial charge in [-0.15, -0.1) is 0 Å². The Bertz CT molecular complexity index is 1030. The lowest BCUT2D eigenvalue weighted by Gasteiger charge is -2.33. The van der Waals surface area contributed by atoms with Crippen molar-refractivity contribution in [3.63, 3.8) is 0 Å². The maximum atomic E-state index is 13.1. The summed E-state index contributed by atoms with van der Waals surface area (Å²) in [5.41, 5.74) is 5.55. The second-order valence-corrected chi connectivity index (χ2v) is 7.96. The largest absolute Gasteiger partial charge is 0.339 e. The Morgan fingerprint density at radius 2 is 1.47 bits per heavy atom. The summed E-state index contributed by atoms with van der Waals surface area (Å²) in [5, 5.41) is 1.87. The standard InChI is InChI=1S/C26H26FN3O2/c27-23-13-11-22(12-14-23)26(32)29-17-15-21(16-18-29)25(31)28-30(24-9-5-2-6-10-24)19-20-7-3-1-4-8-20/h1-14,21H,15-19H2,(H,28,31). The average Bonchev–Trinajstić information content (AvgIpc) is 2.85. The molecule has 0 unspecified atom stereocenters. The number of benzene rings is 3. The highest BCUT2D eigenvalue weighted by molar-refractivity contribution is 5.94. The molecular formula is C26H26FN3O2. The van der Waals surface area contributed by atoms with Crippen LogP contribution in [-0.2, 0) is 11.3 Å². The number of carbonyl (C=O) groups is 2. The van der Waals surface area contributed by atoms with Gasteiger partial charge in [-0.25, -0.2) is 4.39 Å². The lowest BCUT2D eigenvalue weighted by Crippen LogP contribution is -2.48. The number of amides is 2. The van der Waals surface area contributed by atoms with Gasteiger partial charge in [-0.1, -0.05) is 48.5 Å². The summed E-state index contributed by atoms with van der Waals surface area (Å²) in [4.78, 5) is 27.4. The SMILES string of the molecule is O=C(NN(Cc1ccccc1)c1ccccc1)C1CCN(C(=O)c2ccc(F)cc2)CC1. The van der Waals surface area contributed by atoms with Crippen LogP contribution in [0.4, 0.5) is 10.1 Å². The second-order valence-electron chi connectivity index (χ2n) is 7.96. The Hall–Kier alpha value is -3.67. The van der Waals surface area contributed by atoms with Gasteiger partial charge in [-0.2, -0.15) is 0 Å². The maximum absolute atomic E-state index is 13.1. The minimum atomic E-state index is -0.365. The van der Waals surface area contributed by atoms with E-state index < -0.39 is 0 Å². The van der Waals surface area contributed by atoms with Gasteiger partial charge in [-0.3, -0.25) is 20.0 Å². The molecule has 0 radical (unpaired) electrons. The number of piperidine rings is 1. The zero-order valence-corrected chi connectivity index (χ0v) is 17.8. The number of rotatable bonds is 6. The van der Waals surface area contributed by atoms with Crippen LogP contribution in [0, 0.1) is 11.7 Å². The molecular weight excluding hydrogens is 405 g/mol. The van der Waals surface area contributed by atoms with Crippen molar-refractivity contribution >= 4 is 17.5 Å². The van der Waals surface area contributed by atoms with Gasteiger partial charge in [0, 0.05) is 24.6 Å². The van der Waals surface area contributed by atoms with E-state index >= 15 is 0 Å². The van der Waals surface area contributed by atoms with E-state index in [1.807, 2.05) is 65.7 Å². The van der Waals surface area contributed by atoms with Crippen LogP contribution in [0.25, 0.3) is 0 Å². The highest BCUT2D eigenvalue weighted by Gasteiger charge is 2.29. The van der Waals surface area contributed by atoms with Crippen LogP contribution in [0.15, 0.2) is 84.9 Å². The van der Waals surface area contributed by atoms with E-state index in [0.29, 0.717) is 38.0 Å². The molecule has 1 N–H and O–H groups in total. The van der Waals surface area contributed by atoms with Gasteiger partial charge in [0.2, 0.25) is 5.91 Å². The number of nitrogens with one attached hydrogen (secondary N) is 1. The molecule has 32 heavy (non-hydrogen) atoms. The lowest BCUT2D eigenvalue weighted by molar-refractivity contribution is -0.126. The van der Waals surface area contributed by atoms with Gasteiger partial charge < -0.3 is 4.90 Å². The number of carbonyl (C=O) groups excluding carboxylic acids is 2. The van der Waals surface area contributed by atoms with E-state index in [1.54, 1.807) is 4.90 Å². The number of hydrogen-bond donors (Lipinski definition) is 1. The summed E-state index contributed by atoms with van der Waals surface area (Å²) >= 11 is 0. The fourth-order valence-electron chi connectivity index (χ4n) is 3.91. The Morgan fingerprint density at radius 1 is 0.875 bits per heavy atom. The quantitative estimate of drug-likeness (QED) is 0.588. The predicted molar refractivity (Wildman–Crippen MR) is 122 cm³/mol. The van der Waals surface area contributed by atoms with Crippen LogP contribution in [0.1, 0.15) is 28.8 Å². The van der Waals surface area contributed by atoms with Crippen molar-refractivity contribution in [2.24, 2.45) is 5.92 Å². The third kappa shape index (κ3) is 5.32. The molecule has 0 bridgehead atoms. The van der Waals surface area contributed by atoms with Crippen LogP contribution >= 0.6 is 0 Å². The first-order valence-corrected chi connectivity index (χ1v) is 10.8. The molecule has 1 heterocycles. The minimum absolute atomic E-state index is 0.0429. The third-order valence-electron chi connectivity index (χ3n) is 5.74. The number of likely N-dealkylation sites (tertiary alicyclic amines) is 1. The molecule has 3 aromatic rings. The first-order valence-electron chi connectivity index (χ1n) is 10.8. The zero-order chi connectivity index (χ0) is 22.3. The average molecular weight is 432 g/mol. The molecule has 0 aromatic heterocycles. The number of hydrazine groups is 1. The van der Waals surface area contributed by atoms with Crippen molar-refractivity contribution in [1.29, 1.82) is 0 Å². The van der Waals surface area contributed by atoms with Crippen molar-refractivity contribution in [3.05, 3.63) is 102 Å². The van der Waals surface area contributed by atoms with Gasteiger partial charge >= 0.3 is 0 Å². The number of nitrogens with zero attached hydrogens (tertiary/aromatic N) is 2. The van der Waals surface area contributed by atoms with Crippen LogP contribution < -0.4 is 10.4 Å². The fraction of sp³-hybridized carbons (Fsp3) is 0.231. The van der Waals surface area contributed by atoms with Gasteiger partial charge in [0.05, 0.1) is 12.2 Å². The number of hydrogen-bond acceptors (Lipinski definition) is 3. The Morgan fingerprint density at radius 3 is 2.09 bits per heavy atom.